The molecular weight excluding hydrogens is 278 g/mol. The lowest BCUT2D eigenvalue weighted by Gasteiger charge is -2.29. The number of benzene rings is 1. The normalized spacial score (nSPS) is 20.1. The summed E-state index contributed by atoms with van der Waals surface area (Å²) in [6, 6.07) is 4.60. The molecule has 1 unspecified atom stereocenters. The monoisotopic (exact) mass is 293 g/mol. The summed E-state index contributed by atoms with van der Waals surface area (Å²) >= 11 is 1.85. The molecule has 106 valence electrons. The molecule has 1 aliphatic heterocycles. The molecule has 1 saturated heterocycles. The molecule has 0 radical (unpaired) electrons. The summed E-state index contributed by atoms with van der Waals surface area (Å²) < 4.78 is 5.20. The van der Waals surface area contributed by atoms with Gasteiger partial charge >= 0.3 is 0 Å². The van der Waals surface area contributed by atoms with Gasteiger partial charge in [0.25, 0.3) is 5.89 Å². The number of rotatable bonds is 2. The highest BCUT2D eigenvalue weighted by Gasteiger charge is 2.27. The first-order valence-corrected chi connectivity index (χ1v) is 7.45. The maximum Gasteiger partial charge on any atom is 0.265 e. The van der Waals surface area contributed by atoms with E-state index in [-0.39, 0.29) is 29.0 Å². The lowest BCUT2D eigenvalue weighted by Crippen LogP contribution is -2.33. The second-order valence-corrected chi connectivity index (χ2v) is 5.85. The summed E-state index contributed by atoms with van der Waals surface area (Å²) in [6.45, 7) is 0.973. The van der Waals surface area contributed by atoms with Crippen LogP contribution in [0.4, 0.5) is 0 Å². The predicted octanol–water partition coefficient (Wildman–Crippen LogP) is 1.87. The standard InChI is InChI=1S/C13H15N3O3S/c1-16-5-6-20-7-8(16)12-14-13(19-15-12)11-9(17)3-2-4-10(11)18/h2-4,8,17-18H,5-7H2,1H3. The number of hydrogen-bond donors (Lipinski definition) is 2. The minimum absolute atomic E-state index is 0.0772. The van der Waals surface area contributed by atoms with Crippen LogP contribution in [-0.2, 0) is 0 Å². The summed E-state index contributed by atoms with van der Waals surface area (Å²) in [5.41, 5.74) is 0.178. The van der Waals surface area contributed by atoms with Crippen molar-refractivity contribution in [2.45, 2.75) is 6.04 Å². The number of phenolic OH excluding ortho intramolecular Hbond substituents is 2. The van der Waals surface area contributed by atoms with Gasteiger partial charge in [-0.25, -0.2) is 0 Å². The van der Waals surface area contributed by atoms with Gasteiger partial charge in [-0.3, -0.25) is 4.90 Å². The molecule has 2 aromatic rings. The molecule has 0 spiro atoms. The van der Waals surface area contributed by atoms with Gasteiger partial charge in [0.1, 0.15) is 17.1 Å². The van der Waals surface area contributed by atoms with Crippen molar-refractivity contribution in [3.63, 3.8) is 0 Å². The fraction of sp³-hybridized carbons (Fsp3) is 0.385. The molecule has 0 saturated carbocycles. The average molecular weight is 293 g/mol. The first-order valence-electron chi connectivity index (χ1n) is 6.29. The Morgan fingerprint density at radius 1 is 1.35 bits per heavy atom. The van der Waals surface area contributed by atoms with Gasteiger partial charge in [-0.05, 0) is 19.2 Å². The summed E-state index contributed by atoms with van der Waals surface area (Å²) in [5.74, 6) is 2.57. The van der Waals surface area contributed by atoms with Crippen LogP contribution in [0.2, 0.25) is 0 Å². The smallest absolute Gasteiger partial charge is 0.265 e. The second kappa shape index (κ2) is 5.34. The number of thioether (sulfide) groups is 1. The molecular formula is C13H15N3O3S. The van der Waals surface area contributed by atoms with E-state index in [2.05, 4.69) is 15.0 Å². The summed E-state index contributed by atoms with van der Waals surface area (Å²) in [5, 5.41) is 23.6. The fourth-order valence-electron chi connectivity index (χ4n) is 2.18. The highest BCUT2D eigenvalue weighted by Crippen LogP contribution is 2.36. The van der Waals surface area contributed by atoms with Crippen LogP contribution in [0.15, 0.2) is 22.7 Å². The van der Waals surface area contributed by atoms with E-state index >= 15 is 0 Å². The molecule has 1 aromatic heterocycles. The zero-order valence-electron chi connectivity index (χ0n) is 11.0. The number of nitrogens with zero attached hydrogens (tertiary/aromatic N) is 3. The number of aromatic hydroxyl groups is 2. The van der Waals surface area contributed by atoms with Crippen molar-refractivity contribution in [2.24, 2.45) is 0 Å². The highest BCUT2D eigenvalue weighted by atomic mass is 32.2. The van der Waals surface area contributed by atoms with Crippen molar-refractivity contribution >= 4 is 11.8 Å². The quantitative estimate of drug-likeness (QED) is 0.874. The van der Waals surface area contributed by atoms with Gasteiger partial charge in [-0.2, -0.15) is 16.7 Å². The van der Waals surface area contributed by atoms with Crippen molar-refractivity contribution in [2.75, 3.05) is 25.1 Å². The Morgan fingerprint density at radius 3 is 2.80 bits per heavy atom. The zero-order chi connectivity index (χ0) is 14.1. The molecule has 1 atom stereocenters. The summed E-state index contributed by atoms with van der Waals surface area (Å²) in [4.78, 5) is 6.50. The van der Waals surface area contributed by atoms with E-state index in [0.29, 0.717) is 5.82 Å². The van der Waals surface area contributed by atoms with E-state index in [9.17, 15) is 10.2 Å². The van der Waals surface area contributed by atoms with E-state index in [1.54, 1.807) is 6.07 Å². The van der Waals surface area contributed by atoms with Gasteiger partial charge in [0.2, 0.25) is 0 Å². The molecule has 2 N–H and O–H groups in total. The molecule has 0 bridgehead atoms. The third-order valence-electron chi connectivity index (χ3n) is 3.37. The van der Waals surface area contributed by atoms with Crippen molar-refractivity contribution in [1.82, 2.24) is 15.0 Å². The van der Waals surface area contributed by atoms with E-state index in [0.717, 1.165) is 18.1 Å². The Hall–Kier alpha value is -1.73. The van der Waals surface area contributed by atoms with E-state index in [4.69, 9.17) is 4.52 Å². The molecule has 1 aliphatic rings. The van der Waals surface area contributed by atoms with Crippen LogP contribution in [0.5, 0.6) is 11.5 Å². The van der Waals surface area contributed by atoms with Gasteiger partial charge in [-0.15, -0.1) is 0 Å². The lowest BCUT2D eigenvalue weighted by molar-refractivity contribution is 0.257. The number of aromatic nitrogens is 2. The highest BCUT2D eigenvalue weighted by molar-refractivity contribution is 7.99. The first kappa shape index (κ1) is 13.3. The lowest BCUT2D eigenvalue weighted by atomic mass is 10.2. The van der Waals surface area contributed by atoms with E-state index in [1.807, 2.05) is 18.8 Å². The van der Waals surface area contributed by atoms with Crippen LogP contribution in [0.25, 0.3) is 11.5 Å². The molecule has 1 aromatic carbocycles. The van der Waals surface area contributed by atoms with Crippen molar-refractivity contribution in [1.29, 1.82) is 0 Å². The fourth-order valence-corrected chi connectivity index (χ4v) is 3.39. The van der Waals surface area contributed by atoms with Crippen LogP contribution >= 0.6 is 11.8 Å². The second-order valence-electron chi connectivity index (χ2n) is 4.70. The molecule has 20 heavy (non-hydrogen) atoms. The summed E-state index contributed by atoms with van der Waals surface area (Å²) in [6.07, 6.45) is 0. The van der Waals surface area contributed by atoms with Crippen LogP contribution in [-0.4, -0.2) is 50.4 Å². The minimum atomic E-state index is -0.0772. The number of phenols is 2. The maximum absolute atomic E-state index is 9.81. The SMILES string of the molecule is CN1CCSCC1c1noc(-c2c(O)cccc2O)n1. The zero-order valence-corrected chi connectivity index (χ0v) is 11.8. The van der Waals surface area contributed by atoms with Crippen LogP contribution < -0.4 is 0 Å². The average Bonchev–Trinajstić information content (AvgIpc) is 2.88. The van der Waals surface area contributed by atoms with Gasteiger partial charge < -0.3 is 14.7 Å². The molecule has 0 aliphatic carbocycles. The van der Waals surface area contributed by atoms with Crippen molar-refractivity contribution in [3.8, 4) is 23.0 Å². The molecule has 1 fully saturated rings. The van der Waals surface area contributed by atoms with Crippen LogP contribution in [0.1, 0.15) is 11.9 Å². The van der Waals surface area contributed by atoms with Crippen LogP contribution in [0.3, 0.4) is 0 Å². The molecule has 0 amide bonds. The first-order chi connectivity index (χ1) is 9.66. The molecule has 2 heterocycles. The summed E-state index contributed by atoms with van der Waals surface area (Å²) in [7, 11) is 2.03. The Bertz CT molecular complexity index is 596. The Morgan fingerprint density at radius 2 is 2.10 bits per heavy atom. The Kier molecular flexibility index (Phi) is 3.54. The number of hydrogen-bond acceptors (Lipinski definition) is 7. The molecule has 3 rings (SSSR count). The Balaban J connectivity index is 1.94. The largest absolute Gasteiger partial charge is 0.507 e. The maximum atomic E-state index is 9.81. The molecule has 7 heteroatoms. The van der Waals surface area contributed by atoms with Gasteiger partial charge in [0.05, 0.1) is 6.04 Å². The van der Waals surface area contributed by atoms with Crippen molar-refractivity contribution < 1.29 is 14.7 Å². The van der Waals surface area contributed by atoms with E-state index < -0.39 is 0 Å². The predicted molar refractivity (Wildman–Crippen MR) is 75.8 cm³/mol. The van der Waals surface area contributed by atoms with Gasteiger partial charge in [0.15, 0.2) is 5.82 Å². The minimum Gasteiger partial charge on any atom is -0.507 e. The van der Waals surface area contributed by atoms with E-state index in [1.165, 1.54) is 12.1 Å². The van der Waals surface area contributed by atoms with Gasteiger partial charge in [0, 0.05) is 18.1 Å². The Labute approximate surface area is 120 Å². The topological polar surface area (TPSA) is 82.6 Å². The molecule has 6 nitrogen and oxygen atoms in total. The third kappa shape index (κ3) is 2.34. The van der Waals surface area contributed by atoms with Crippen LogP contribution in [0, 0.1) is 0 Å². The van der Waals surface area contributed by atoms with Crippen molar-refractivity contribution in [3.05, 3.63) is 24.0 Å². The third-order valence-corrected chi connectivity index (χ3v) is 4.39. The van der Waals surface area contributed by atoms with Gasteiger partial charge in [-0.1, -0.05) is 11.2 Å².